The molecule has 0 saturated heterocycles. The first kappa shape index (κ1) is 26.9. The standard InChI is InChI=1S/C26H32Cl2N2O3/c1-2-3-4-5-6-7-8-9-10-14-25(31)30-29-19-20-12-11-13-22(17-20)33-26(32)23-16-15-21(27)18-24(23)28/h11-13,15-19H,2-10,14H2,1H3,(H,30,31). The van der Waals surface area contributed by atoms with Crippen molar-refractivity contribution in [2.24, 2.45) is 5.10 Å². The number of unbranched alkanes of at least 4 members (excludes halogenated alkanes) is 8. The average molecular weight is 491 g/mol. The van der Waals surface area contributed by atoms with Gasteiger partial charge in [0.05, 0.1) is 16.8 Å². The van der Waals surface area contributed by atoms with Crippen LogP contribution in [0.2, 0.25) is 10.0 Å². The topological polar surface area (TPSA) is 67.8 Å². The number of esters is 1. The van der Waals surface area contributed by atoms with Crippen LogP contribution in [0.4, 0.5) is 0 Å². The third-order valence-corrected chi connectivity index (χ3v) is 5.68. The van der Waals surface area contributed by atoms with E-state index in [9.17, 15) is 9.59 Å². The van der Waals surface area contributed by atoms with E-state index in [1.165, 1.54) is 63.3 Å². The minimum atomic E-state index is -0.583. The average Bonchev–Trinajstić information content (AvgIpc) is 2.78. The van der Waals surface area contributed by atoms with Crippen molar-refractivity contribution in [1.82, 2.24) is 5.43 Å². The van der Waals surface area contributed by atoms with E-state index in [0.29, 0.717) is 22.8 Å². The monoisotopic (exact) mass is 490 g/mol. The molecule has 2 aromatic carbocycles. The lowest BCUT2D eigenvalue weighted by Crippen LogP contribution is -2.16. The van der Waals surface area contributed by atoms with Crippen molar-refractivity contribution in [3.05, 3.63) is 63.6 Å². The number of carbonyl (C=O) groups is 2. The first-order valence-corrected chi connectivity index (χ1v) is 12.3. The summed E-state index contributed by atoms with van der Waals surface area (Å²) >= 11 is 11.9. The van der Waals surface area contributed by atoms with Crippen molar-refractivity contribution < 1.29 is 14.3 Å². The summed E-state index contributed by atoms with van der Waals surface area (Å²) in [6, 6.07) is 11.4. The van der Waals surface area contributed by atoms with Crippen LogP contribution in [0, 0.1) is 0 Å². The van der Waals surface area contributed by atoms with Gasteiger partial charge in [-0.15, -0.1) is 0 Å². The number of amides is 1. The number of hydrazone groups is 1. The minimum absolute atomic E-state index is 0.103. The second-order valence-electron chi connectivity index (χ2n) is 7.96. The molecule has 0 radical (unpaired) electrons. The fourth-order valence-corrected chi connectivity index (χ4v) is 3.79. The number of ether oxygens (including phenoxy) is 1. The zero-order chi connectivity index (χ0) is 23.9. The molecular weight excluding hydrogens is 459 g/mol. The molecule has 5 nitrogen and oxygen atoms in total. The predicted molar refractivity (Wildman–Crippen MR) is 135 cm³/mol. The van der Waals surface area contributed by atoms with Gasteiger partial charge in [-0.1, -0.05) is 93.6 Å². The fraction of sp³-hybridized carbons (Fsp3) is 0.423. The number of carbonyl (C=O) groups excluding carboxylic acids is 2. The molecule has 1 N–H and O–H groups in total. The molecule has 7 heteroatoms. The van der Waals surface area contributed by atoms with E-state index >= 15 is 0 Å². The molecule has 2 aromatic rings. The molecular formula is C26H32Cl2N2O3. The zero-order valence-electron chi connectivity index (χ0n) is 19.1. The zero-order valence-corrected chi connectivity index (χ0v) is 20.6. The first-order valence-electron chi connectivity index (χ1n) is 11.6. The van der Waals surface area contributed by atoms with Crippen LogP contribution in [0.3, 0.4) is 0 Å². The van der Waals surface area contributed by atoms with Crippen molar-refractivity contribution in [3.8, 4) is 5.75 Å². The maximum Gasteiger partial charge on any atom is 0.345 e. The number of benzene rings is 2. The Bertz CT molecular complexity index is 932. The maximum absolute atomic E-state index is 12.3. The Morgan fingerprint density at radius 2 is 1.64 bits per heavy atom. The highest BCUT2D eigenvalue weighted by molar-refractivity contribution is 6.36. The van der Waals surface area contributed by atoms with E-state index in [1.807, 2.05) is 0 Å². The van der Waals surface area contributed by atoms with Gasteiger partial charge in [0.1, 0.15) is 5.75 Å². The molecule has 1 amide bonds. The quantitative estimate of drug-likeness (QED) is 0.0974. The fourth-order valence-electron chi connectivity index (χ4n) is 3.31. The van der Waals surface area contributed by atoms with E-state index < -0.39 is 5.97 Å². The van der Waals surface area contributed by atoms with Gasteiger partial charge in [0.2, 0.25) is 5.91 Å². The van der Waals surface area contributed by atoms with Gasteiger partial charge in [0.25, 0.3) is 0 Å². The highest BCUT2D eigenvalue weighted by atomic mass is 35.5. The Hall–Kier alpha value is -2.37. The Labute approximate surface area is 206 Å². The van der Waals surface area contributed by atoms with Crippen molar-refractivity contribution in [2.45, 2.75) is 71.1 Å². The first-order chi connectivity index (χ1) is 16.0. The van der Waals surface area contributed by atoms with E-state index in [-0.39, 0.29) is 16.5 Å². The Balaban J connectivity index is 1.70. The molecule has 0 unspecified atom stereocenters. The van der Waals surface area contributed by atoms with Crippen molar-refractivity contribution >= 4 is 41.3 Å². The lowest BCUT2D eigenvalue weighted by Gasteiger charge is -2.07. The van der Waals surface area contributed by atoms with Gasteiger partial charge in [0.15, 0.2) is 0 Å². The summed E-state index contributed by atoms with van der Waals surface area (Å²) in [4.78, 5) is 24.3. The molecule has 2 rings (SSSR count). The number of hydrogen-bond acceptors (Lipinski definition) is 4. The van der Waals surface area contributed by atoms with Gasteiger partial charge in [-0.3, -0.25) is 4.79 Å². The molecule has 33 heavy (non-hydrogen) atoms. The molecule has 0 atom stereocenters. The summed E-state index contributed by atoms with van der Waals surface area (Å²) in [5.41, 5.74) is 3.46. The second kappa shape index (κ2) is 15.5. The van der Waals surface area contributed by atoms with Crippen LogP contribution in [0.1, 0.15) is 87.1 Å². The van der Waals surface area contributed by atoms with Crippen LogP contribution in [-0.4, -0.2) is 18.1 Å². The molecule has 0 aliphatic heterocycles. The van der Waals surface area contributed by atoms with Crippen LogP contribution < -0.4 is 10.2 Å². The molecule has 0 bridgehead atoms. The molecule has 0 aromatic heterocycles. The van der Waals surface area contributed by atoms with E-state index in [1.54, 1.807) is 30.3 Å². The lowest BCUT2D eigenvalue weighted by atomic mass is 10.1. The number of halogens is 2. The van der Waals surface area contributed by atoms with Crippen LogP contribution in [0.5, 0.6) is 5.75 Å². The van der Waals surface area contributed by atoms with Crippen LogP contribution >= 0.6 is 23.2 Å². The third-order valence-electron chi connectivity index (χ3n) is 5.13. The summed E-state index contributed by atoms with van der Waals surface area (Å²) in [6.45, 7) is 2.23. The van der Waals surface area contributed by atoms with Crippen LogP contribution in [0.15, 0.2) is 47.6 Å². The van der Waals surface area contributed by atoms with Gasteiger partial charge in [-0.2, -0.15) is 5.10 Å². The highest BCUT2D eigenvalue weighted by Gasteiger charge is 2.13. The summed E-state index contributed by atoms with van der Waals surface area (Å²) in [6.07, 6.45) is 12.9. The molecule has 0 saturated carbocycles. The van der Waals surface area contributed by atoms with Gasteiger partial charge in [-0.05, 0) is 42.3 Å². The summed E-state index contributed by atoms with van der Waals surface area (Å²) in [5.74, 6) is -0.342. The largest absolute Gasteiger partial charge is 0.423 e. The lowest BCUT2D eigenvalue weighted by molar-refractivity contribution is -0.121. The Kier molecular flexibility index (Phi) is 12.6. The third kappa shape index (κ3) is 10.9. The predicted octanol–water partition coefficient (Wildman–Crippen LogP) is 7.58. The van der Waals surface area contributed by atoms with Gasteiger partial charge in [-0.25, -0.2) is 10.2 Å². The van der Waals surface area contributed by atoms with Crippen molar-refractivity contribution in [2.75, 3.05) is 0 Å². The number of hydrogen-bond donors (Lipinski definition) is 1. The SMILES string of the molecule is CCCCCCCCCCCC(=O)NN=Cc1cccc(OC(=O)c2ccc(Cl)cc2Cl)c1. The molecule has 0 spiro atoms. The minimum Gasteiger partial charge on any atom is -0.423 e. The smallest absolute Gasteiger partial charge is 0.345 e. The molecule has 0 aliphatic carbocycles. The van der Waals surface area contributed by atoms with Crippen molar-refractivity contribution in [3.63, 3.8) is 0 Å². The Morgan fingerprint density at radius 1 is 0.939 bits per heavy atom. The number of nitrogens with zero attached hydrogens (tertiary/aromatic N) is 1. The van der Waals surface area contributed by atoms with Gasteiger partial charge < -0.3 is 4.74 Å². The van der Waals surface area contributed by atoms with Gasteiger partial charge >= 0.3 is 5.97 Å². The maximum atomic E-state index is 12.3. The molecule has 0 aliphatic rings. The summed E-state index contributed by atoms with van der Waals surface area (Å²) in [7, 11) is 0. The van der Waals surface area contributed by atoms with Crippen LogP contribution in [0.25, 0.3) is 0 Å². The number of rotatable bonds is 14. The molecule has 178 valence electrons. The van der Waals surface area contributed by atoms with E-state index in [0.717, 1.165) is 12.8 Å². The summed E-state index contributed by atoms with van der Waals surface area (Å²) < 4.78 is 5.39. The second-order valence-corrected chi connectivity index (χ2v) is 8.80. The molecule has 0 fully saturated rings. The van der Waals surface area contributed by atoms with E-state index in [2.05, 4.69) is 17.5 Å². The van der Waals surface area contributed by atoms with Gasteiger partial charge in [0, 0.05) is 11.4 Å². The Morgan fingerprint density at radius 3 is 2.33 bits per heavy atom. The highest BCUT2D eigenvalue weighted by Crippen LogP contribution is 2.23. The normalized spacial score (nSPS) is 11.0. The summed E-state index contributed by atoms with van der Waals surface area (Å²) in [5, 5.41) is 4.66. The van der Waals surface area contributed by atoms with Crippen molar-refractivity contribution in [1.29, 1.82) is 0 Å². The molecule has 0 heterocycles. The number of nitrogens with one attached hydrogen (secondary N) is 1. The van der Waals surface area contributed by atoms with E-state index in [4.69, 9.17) is 27.9 Å². The van der Waals surface area contributed by atoms with Crippen LogP contribution in [-0.2, 0) is 4.79 Å².